The summed E-state index contributed by atoms with van der Waals surface area (Å²) in [6.07, 6.45) is 10.1. The van der Waals surface area contributed by atoms with E-state index >= 15 is 0 Å². The molecule has 3 aromatic rings. The fraction of sp³-hybridized carbons (Fsp3) is 0.538. The van der Waals surface area contributed by atoms with Crippen LogP contribution in [0.3, 0.4) is 0 Å². The molecule has 0 radical (unpaired) electrons. The molecule has 10 heteroatoms. The number of ether oxygens (including phenoxy) is 2. The molecule has 0 N–H and O–H groups in total. The average molecular weight is 511 g/mol. The highest BCUT2D eigenvalue weighted by Gasteiger charge is 2.25. The van der Waals surface area contributed by atoms with Crippen LogP contribution in [-0.4, -0.2) is 68.7 Å². The maximum absolute atomic E-state index is 12.5. The van der Waals surface area contributed by atoms with Gasteiger partial charge in [0.25, 0.3) is 0 Å². The monoisotopic (exact) mass is 510 g/mol. The van der Waals surface area contributed by atoms with Crippen molar-refractivity contribution < 1.29 is 14.3 Å². The molecular weight excluding hydrogens is 472 g/mol. The number of amides is 1. The first-order chi connectivity index (χ1) is 16.9. The van der Waals surface area contributed by atoms with Gasteiger partial charge in [0, 0.05) is 58.3 Å². The highest BCUT2D eigenvalue weighted by Crippen LogP contribution is 2.31. The largest absolute Gasteiger partial charge is 0.444 e. The fourth-order valence-electron chi connectivity index (χ4n) is 4.03. The minimum absolute atomic E-state index is 0.283. The van der Waals surface area contributed by atoms with E-state index in [1.165, 1.54) is 0 Å². The van der Waals surface area contributed by atoms with Gasteiger partial charge in [-0.1, -0.05) is 25.7 Å². The van der Waals surface area contributed by atoms with E-state index in [4.69, 9.17) is 19.4 Å². The summed E-state index contributed by atoms with van der Waals surface area (Å²) >= 11 is 0. The van der Waals surface area contributed by atoms with E-state index in [0.717, 1.165) is 46.2 Å². The second kappa shape index (κ2) is 10.2. The number of aromatic nitrogens is 5. The third-order valence-electron chi connectivity index (χ3n) is 6.00. The molecule has 0 fully saturated rings. The maximum atomic E-state index is 12.5. The molecule has 1 aliphatic rings. The summed E-state index contributed by atoms with van der Waals surface area (Å²) in [7, 11) is 0.721. The van der Waals surface area contributed by atoms with Crippen molar-refractivity contribution in [1.29, 1.82) is 0 Å². The van der Waals surface area contributed by atoms with Crippen LogP contribution in [0.1, 0.15) is 32.8 Å². The minimum Gasteiger partial charge on any atom is -0.444 e. The van der Waals surface area contributed by atoms with E-state index in [2.05, 4.69) is 37.0 Å². The Morgan fingerprint density at radius 2 is 1.94 bits per heavy atom. The van der Waals surface area contributed by atoms with Gasteiger partial charge in [-0.2, -0.15) is 5.10 Å². The Morgan fingerprint density at radius 1 is 1.17 bits per heavy atom. The van der Waals surface area contributed by atoms with Crippen LogP contribution in [0.4, 0.5) is 4.79 Å². The van der Waals surface area contributed by atoms with Crippen LogP contribution in [0.15, 0.2) is 30.9 Å². The van der Waals surface area contributed by atoms with Gasteiger partial charge in [0.15, 0.2) is 5.65 Å². The van der Waals surface area contributed by atoms with Gasteiger partial charge in [0.05, 0.1) is 18.1 Å². The van der Waals surface area contributed by atoms with Gasteiger partial charge in [-0.25, -0.2) is 14.8 Å². The number of carbonyl (C=O) groups excluding carboxylic acids is 1. The van der Waals surface area contributed by atoms with Crippen molar-refractivity contribution in [2.75, 3.05) is 19.7 Å². The smallest absolute Gasteiger partial charge is 0.410 e. The third-order valence-corrected chi connectivity index (χ3v) is 7.70. The zero-order chi connectivity index (χ0) is 26.1. The van der Waals surface area contributed by atoms with Crippen LogP contribution in [-0.2, 0) is 23.3 Å². The van der Waals surface area contributed by atoms with Gasteiger partial charge in [-0.05, 0) is 38.8 Å². The molecule has 4 heterocycles. The van der Waals surface area contributed by atoms with E-state index in [-0.39, 0.29) is 6.09 Å². The van der Waals surface area contributed by atoms with E-state index in [0.29, 0.717) is 26.2 Å². The number of hydrogen-bond acceptors (Lipinski definition) is 6. The highest BCUT2D eigenvalue weighted by molar-refractivity contribution is 6.76. The second-order valence-corrected chi connectivity index (χ2v) is 17.2. The number of aryl methyl sites for hydroxylation is 1. The van der Waals surface area contributed by atoms with Gasteiger partial charge in [-0.3, -0.25) is 4.68 Å². The molecule has 4 rings (SSSR count). The van der Waals surface area contributed by atoms with E-state index in [1.54, 1.807) is 22.0 Å². The Kier molecular flexibility index (Phi) is 7.38. The van der Waals surface area contributed by atoms with Crippen molar-refractivity contribution >= 4 is 30.9 Å². The molecule has 0 spiro atoms. The molecule has 0 bridgehead atoms. The van der Waals surface area contributed by atoms with E-state index in [9.17, 15) is 4.79 Å². The zero-order valence-corrected chi connectivity index (χ0v) is 23.5. The molecule has 194 valence electrons. The van der Waals surface area contributed by atoms with Crippen LogP contribution in [0, 0.1) is 0 Å². The van der Waals surface area contributed by atoms with Gasteiger partial charge >= 0.3 is 6.09 Å². The Labute approximate surface area is 214 Å². The number of rotatable bonds is 7. The van der Waals surface area contributed by atoms with Crippen molar-refractivity contribution in [2.24, 2.45) is 7.05 Å². The first-order valence-corrected chi connectivity index (χ1v) is 16.2. The van der Waals surface area contributed by atoms with Crippen molar-refractivity contribution in [2.45, 2.75) is 65.2 Å². The molecule has 0 aromatic carbocycles. The summed E-state index contributed by atoms with van der Waals surface area (Å²) < 4.78 is 15.4. The Hall–Kier alpha value is -2.98. The molecule has 0 unspecified atom stereocenters. The summed E-state index contributed by atoms with van der Waals surface area (Å²) in [6, 6.07) is 1.11. The lowest BCUT2D eigenvalue weighted by Gasteiger charge is -2.29. The lowest BCUT2D eigenvalue weighted by Crippen LogP contribution is -2.39. The molecule has 0 saturated heterocycles. The molecule has 9 nitrogen and oxygen atoms in total. The van der Waals surface area contributed by atoms with E-state index < -0.39 is 13.7 Å². The predicted octanol–water partition coefficient (Wildman–Crippen LogP) is 5.17. The maximum Gasteiger partial charge on any atom is 0.410 e. The second-order valence-electron chi connectivity index (χ2n) is 11.6. The van der Waals surface area contributed by atoms with Crippen LogP contribution in [0.2, 0.25) is 25.7 Å². The highest BCUT2D eigenvalue weighted by atomic mass is 28.3. The fourth-order valence-corrected chi connectivity index (χ4v) is 4.78. The lowest BCUT2D eigenvalue weighted by molar-refractivity contribution is 0.0270. The summed E-state index contributed by atoms with van der Waals surface area (Å²) in [4.78, 5) is 24.0. The average Bonchev–Trinajstić information content (AvgIpc) is 3.38. The number of hydrogen-bond donors (Lipinski definition) is 0. The molecule has 1 amide bonds. The first kappa shape index (κ1) is 26.1. The molecule has 3 aromatic heterocycles. The van der Waals surface area contributed by atoms with Crippen molar-refractivity contribution in [3.05, 3.63) is 36.4 Å². The molecule has 0 saturated carbocycles. The van der Waals surface area contributed by atoms with Crippen molar-refractivity contribution in [3.63, 3.8) is 0 Å². The van der Waals surface area contributed by atoms with Crippen molar-refractivity contribution in [3.8, 4) is 11.3 Å². The lowest BCUT2D eigenvalue weighted by atomic mass is 10.0. The van der Waals surface area contributed by atoms with Gasteiger partial charge in [-0.15, -0.1) is 0 Å². The summed E-state index contributed by atoms with van der Waals surface area (Å²) in [6.45, 7) is 15.0. The Balaban J connectivity index is 1.62. The quantitative estimate of drug-likeness (QED) is 0.322. The Bertz CT molecular complexity index is 1260. The molecular formula is C26H38N6O3Si. The van der Waals surface area contributed by atoms with E-state index in [1.807, 2.05) is 38.6 Å². The number of carbonyl (C=O) groups is 1. The number of fused-ring (bicyclic) bond motifs is 1. The Morgan fingerprint density at radius 3 is 2.56 bits per heavy atom. The van der Waals surface area contributed by atoms with Crippen molar-refractivity contribution in [1.82, 2.24) is 29.2 Å². The minimum atomic E-state index is -1.17. The molecule has 1 aliphatic heterocycles. The van der Waals surface area contributed by atoms with Crippen LogP contribution >= 0.6 is 0 Å². The summed E-state index contributed by atoms with van der Waals surface area (Å²) in [5.74, 6) is 0. The predicted molar refractivity (Wildman–Crippen MR) is 144 cm³/mol. The van der Waals surface area contributed by atoms with Gasteiger partial charge < -0.3 is 18.9 Å². The molecule has 36 heavy (non-hydrogen) atoms. The normalized spacial score (nSPS) is 14.9. The zero-order valence-electron chi connectivity index (χ0n) is 22.5. The third kappa shape index (κ3) is 6.41. The first-order valence-electron chi connectivity index (χ1n) is 12.5. The standard InChI is InChI=1S/C26H38N6O3Si/c1-26(2,3)35-25(33)31-10-8-19(9-11-31)21-17-32(18-34-12-13-36(5,6)7)24-23(21)29-22(15-27-24)20-14-28-30(4)16-20/h8,14-17H,9-13,18H2,1-7H3. The SMILES string of the molecule is Cn1cc(-c2cnc3c(n2)c(C2=CCN(C(=O)OC(C)(C)C)CC2)cn3COCC[Si](C)(C)C)cn1. The van der Waals surface area contributed by atoms with Gasteiger partial charge in [0.1, 0.15) is 17.8 Å². The molecule has 0 atom stereocenters. The summed E-state index contributed by atoms with van der Waals surface area (Å²) in [5.41, 5.74) is 5.00. The van der Waals surface area contributed by atoms with Gasteiger partial charge in [0.2, 0.25) is 0 Å². The topological polar surface area (TPSA) is 87.3 Å². The van der Waals surface area contributed by atoms with Crippen LogP contribution in [0.5, 0.6) is 0 Å². The summed E-state index contributed by atoms with van der Waals surface area (Å²) in [5, 5.41) is 4.28. The molecule has 0 aliphatic carbocycles. The van der Waals surface area contributed by atoms with Crippen LogP contribution in [0.25, 0.3) is 28.0 Å². The van der Waals surface area contributed by atoms with Crippen LogP contribution < -0.4 is 0 Å². The number of nitrogens with zero attached hydrogens (tertiary/aromatic N) is 6.